The SMILES string of the molecule is O=c1cc(-c2ccccc2)nc2nc(NCc3ccccc3Cl)[nH]n12. The molecule has 25 heavy (non-hydrogen) atoms. The van der Waals surface area contributed by atoms with Gasteiger partial charge in [-0.3, -0.25) is 9.89 Å². The van der Waals surface area contributed by atoms with Crippen LogP contribution < -0.4 is 10.9 Å². The first-order valence-corrected chi connectivity index (χ1v) is 8.11. The van der Waals surface area contributed by atoms with Crippen molar-refractivity contribution in [2.24, 2.45) is 0 Å². The van der Waals surface area contributed by atoms with Gasteiger partial charge in [0.25, 0.3) is 11.3 Å². The minimum atomic E-state index is -0.220. The molecule has 0 bridgehead atoms. The number of nitrogens with zero attached hydrogens (tertiary/aromatic N) is 3. The molecule has 124 valence electrons. The van der Waals surface area contributed by atoms with Crippen LogP contribution >= 0.6 is 11.6 Å². The lowest BCUT2D eigenvalue weighted by Crippen LogP contribution is -2.14. The van der Waals surface area contributed by atoms with Crippen LogP contribution in [-0.4, -0.2) is 19.6 Å². The standard InChI is InChI=1S/C18H14ClN5O/c19-14-9-5-4-8-13(14)11-20-17-22-18-21-15(10-16(25)24(18)23-17)12-6-2-1-3-7-12/h1-10H,11H2,(H2,20,21,22,23). The number of halogens is 1. The van der Waals surface area contributed by atoms with E-state index in [0.29, 0.717) is 29.0 Å². The molecular formula is C18H14ClN5O. The van der Waals surface area contributed by atoms with Crippen LogP contribution in [0.15, 0.2) is 65.5 Å². The number of hydrogen-bond acceptors (Lipinski definition) is 4. The van der Waals surface area contributed by atoms with E-state index in [1.54, 1.807) is 0 Å². The summed E-state index contributed by atoms with van der Waals surface area (Å²) in [5.41, 5.74) is 2.18. The highest BCUT2D eigenvalue weighted by atomic mass is 35.5. The summed E-state index contributed by atoms with van der Waals surface area (Å²) >= 11 is 6.14. The maximum atomic E-state index is 12.3. The summed E-state index contributed by atoms with van der Waals surface area (Å²) in [6.07, 6.45) is 0. The second-order valence-corrected chi connectivity index (χ2v) is 5.91. The maximum Gasteiger partial charge on any atom is 0.274 e. The third kappa shape index (κ3) is 3.12. The van der Waals surface area contributed by atoms with Crippen LogP contribution in [0.3, 0.4) is 0 Å². The van der Waals surface area contributed by atoms with E-state index >= 15 is 0 Å². The Morgan fingerprint density at radius 3 is 2.60 bits per heavy atom. The summed E-state index contributed by atoms with van der Waals surface area (Å²) in [6.45, 7) is 0.486. The van der Waals surface area contributed by atoms with Gasteiger partial charge in [0.15, 0.2) is 0 Å². The monoisotopic (exact) mass is 351 g/mol. The number of anilines is 1. The third-order valence-electron chi connectivity index (χ3n) is 3.80. The number of H-pyrrole nitrogens is 1. The number of aromatic nitrogens is 4. The van der Waals surface area contributed by atoms with Gasteiger partial charge in [0, 0.05) is 23.2 Å². The Kier molecular flexibility index (Phi) is 3.95. The van der Waals surface area contributed by atoms with Crippen LogP contribution in [0.25, 0.3) is 17.0 Å². The fourth-order valence-electron chi connectivity index (χ4n) is 2.54. The van der Waals surface area contributed by atoms with Gasteiger partial charge in [0.2, 0.25) is 5.95 Å². The average molecular weight is 352 g/mol. The predicted molar refractivity (Wildman–Crippen MR) is 97.8 cm³/mol. The van der Waals surface area contributed by atoms with Crippen LogP contribution in [-0.2, 0) is 6.54 Å². The molecule has 0 radical (unpaired) electrons. The molecule has 2 aromatic carbocycles. The second kappa shape index (κ2) is 6.41. The van der Waals surface area contributed by atoms with Gasteiger partial charge in [-0.05, 0) is 11.6 Å². The van der Waals surface area contributed by atoms with Gasteiger partial charge in [-0.1, -0.05) is 60.1 Å². The Morgan fingerprint density at radius 2 is 1.80 bits per heavy atom. The van der Waals surface area contributed by atoms with Crippen LogP contribution in [0.1, 0.15) is 5.56 Å². The first-order chi connectivity index (χ1) is 12.2. The van der Waals surface area contributed by atoms with Crippen molar-refractivity contribution in [2.75, 3.05) is 5.32 Å². The fourth-order valence-corrected chi connectivity index (χ4v) is 2.74. The molecule has 2 aromatic heterocycles. The van der Waals surface area contributed by atoms with Crippen molar-refractivity contribution in [2.45, 2.75) is 6.54 Å². The minimum absolute atomic E-state index is 0.220. The summed E-state index contributed by atoms with van der Waals surface area (Å²) in [4.78, 5) is 21.1. The van der Waals surface area contributed by atoms with Crippen molar-refractivity contribution < 1.29 is 0 Å². The molecule has 2 heterocycles. The molecule has 0 aliphatic carbocycles. The van der Waals surface area contributed by atoms with Gasteiger partial charge < -0.3 is 5.32 Å². The zero-order valence-electron chi connectivity index (χ0n) is 13.1. The summed E-state index contributed by atoms with van der Waals surface area (Å²) < 4.78 is 1.31. The highest BCUT2D eigenvalue weighted by Crippen LogP contribution is 2.17. The van der Waals surface area contributed by atoms with Gasteiger partial charge >= 0.3 is 0 Å². The van der Waals surface area contributed by atoms with E-state index in [1.165, 1.54) is 10.6 Å². The highest BCUT2D eigenvalue weighted by molar-refractivity contribution is 6.31. The molecule has 0 saturated heterocycles. The van der Waals surface area contributed by atoms with E-state index in [9.17, 15) is 4.79 Å². The summed E-state index contributed by atoms with van der Waals surface area (Å²) in [6, 6.07) is 18.6. The van der Waals surface area contributed by atoms with Gasteiger partial charge in [-0.25, -0.2) is 4.98 Å². The normalized spacial score (nSPS) is 10.9. The molecule has 4 aromatic rings. The van der Waals surface area contributed by atoms with Gasteiger partial charge in [0.1, 0.15) is 0 Å². The first-order valence-electron chi connectivity index (χ1n) is 7.73. The number of benzene rings is 2. The third-order valence-corrected chi connectivity index (χ3v) is 4.17. The molecule has 0 unspecified atom stereocenters. The molecule has 0 aliphatic rings. The largest absolute Gasteiger partial charge is 0.350 e. The topological polar surface area (TPSA) is 75.1 Å². The first kappa shape index (κ1) is 15.4. The van der Waals surface area contributed by atoms with E-state index in [-0.39, 0.29) is 5.56 Å². The van der Waals surface area contributed by atoms with Crippen LogP contribution in [0, 0.1) is 0 Å². The Balaban J connectivity index is 1.65. The zero-order valence-corrected chi connectivity index (χ0v) is 13.9. The Labute approximate surface area is 148 Å². The average Bonchev–Trinajstić information content (AvgIpc) is 3.05. The molecule has 0 atom stereocenters. The number of fused-ring (bicyclic) bond motifs is 1. The molecule has 0 saturated carbocycles. The van der Waals surface area contributed by atoms with E-state index in [1.807, 2.05) is 54.6 Å². The summed E-state index contributed by atoms with van der Waals surface area (Å²) in [5.74, 6) is 0.766. The van der Waals surface area contributed by atoms with Crippen molar-refractivity contribution in [1.82, 2.24) is 19.6 Å². The molecular weight excluding hydrogens is 338 g/mol. The fraction of sp³-hybridized carbons (Fsp3) is 0.0556. The highest BCUT2D eigenvalue weighted by Gasteiger charge is 2.09. The minimum Gasteiger partial charge on any atom is -0.350 e. The van der Waals surface area contributed by atoms with E-state index in [0.717, 1.165) is 11.1 Å². The molecule has 0 aliphatic heterocycles. The molecule has 0 fully saturated rings. The predicted octanol–water partition coefficient (Wildman–Crippen LogP) is 3.35. The van der Waals surface area contributed by atoms with Gasteiger partial charge in [-0.2, -0.15) is 9.50 Å². The number of aromatic amines is 1. The van der Waals surface area contributed by atoms with Crippen molar-refractivity contribution >= 4 is 23.3 Å². The van der Waals surface area contributed by atoms with Gasteiger partial charge in [0.05, 0.1) is 5.69 Å². The zero-order chi connectivity index (χ0) is 17.2. The quantitative estimate of drug-likeness (QED) is 0.591. The lowest BCUT2D eigenvalue weighted by atomic mass is 10.1. The van der Waals surface area contributed by atoms with E-state index in [4.69, 9.17) is 11.6 Å². The number of hydrogen-bond donors (Lipinski definition) is 2. The van der Waals surface area contributed by atoms with Crippen molar-refractivity contribution in [1.29, 1.82) is 0 Å². The molecule has 6 nitrogen and oxygen atoms in total. The second-order valence-electron chi connectivity index (χ2n) is 5.50. The van der Waals surface area contributed by atoms with Crippen LogP contribution in [0.2, 0.25) is 5.02 Å². The van der Waals surface area contributed by atoms with Crippen LogP contribution in [0.5, 0.6) is 0 Å². The molecule has 0 spiro atoms. The molecule has 4 rings (SSSR count). The Bertz CT molecular complexity index is 1090. The number of rotatable bonds is 4. The lowest BCUT2D eigenvalue weighted by Gasteiger charge is -2.04. The Morgan fingerprint density at radius 1 is 1.04 bits per heavy atom. The van der Waals surface area contributed by atoms with Crippen molar-refractivity contribution in [3.05, 3.63) is 81.6 Å². The summed E-state index contributed by atoms with van der Waals surface area (Å²) in [5, 5.41) is 6.71. The maximum absolute atomic E-state index is 12.3. The molecule has 7 heteroatoms. The Hall–Kier alpha value is -3.12. The van der Waals surface area contributed by atoms with Crippen molar-refractivity contribution in [3.63, 3.8) is 0 Å². The lowest BCUT2D eigenvalue weighted by molar-refractivity contribution is 0.897. The summed E-state index contributed by atoms with van der Waals surface area (Å²) in [7, 11) is 0. The van der Waals surface area contributed by atoms with Crippen molar-refractivity contribution in [3.8, 4) is 11.3 Å². The van der Waals surface area contributed by atoms with Crippen LogP contribution in [0.4, 0.5) is 5.95 Å². The van der Waals surface area contributed by atoms with E-state index < -0.39 is 0 Å². The molecule has 2 N–H and O–H groups in total. The van der Waals surface area contributed by atoms with Gasteiger partial charge in [-0.15, -0.1) is 0 Å². The number of nitrogens with one attached hydrogen (secondary N) is 2. The molecule has 0 amide bonds. The smallest absolute Gasteiger partial charge is 0.274 e. The van der Waals surface area contributed by atoms with E-state index in [2.05, 4.69) is 20.4 Å².